The maximum absolute atomic E-state index is 11.8. The van der Waals surface area contributed by atoms with Gasteiger partial charge in [-0.15, -0.1) is 0 Å². The molecule has 0 fully saturated rings. The van der Waals surface area contributed by atoms with Crippen LogP contribution in [0.5, 0.6) is 5.75 Å². The van der Waals surface area contributed by atoms with Crippen molar-refractivity contribution in [1.29, 1.82) is 0 Å². The Bertz CT molecular complexity index is 840. The first-order valence-electron chi connectivity index (χ1n) is 7.44. The summed E-state index contributed by atoms with van der Waals surface area (Å²) in [6.07, 6.45) is 0. The third kappa shape index (κ3) is 5.45. The highest BCUT2D eigenvalue weighted by atomic mass is 35.5. The molecule has 0 aliphatic rings. The Hall–Kier alpha value is -3.13. The molecule has 0 unspecified atom stereocenters. The lowest BCUT2D eigenvalue weighted by Crippen LogP contribution is -2.24. The Kier molecular flexibility index (Phi) is 6.51. The van der Waals surface area contributed by atoms with E-state index in [2.05, 4.69) is 5.32 Å². The fourth-order valence-electron chi connectivity index (χ4n) is 1.96. The molecule has 2 rings (SSSR count). The van der Waals surface area contributed by atoms with Crippen molar-refractivity contribution in [1.82, 2.24) is 0 Å². The number of halogens is 1. The largest absolute Gasteiger partial charge is 0.482 e. The summed E-state index contributed by atoms with van der Waals surface area (Å²) >= 11 is 5.89. The van der Waals surface area contributed by atoms with Crippen molar-refractivity contribution < 1.29 is 24.0 Å². The van der Waals surface area contributed by atoms with E-state index in [4.69, 9.17) is 21.1 Å². The Balaban J connectivity index is 1.81. The fourth-order valence-corrected chi connectivity index (χ4v) is 2.08. The summed E-state index contributed by atoms with van der Waals surface area (Å²) in [6.45, 7) is 0.814. The van der Waals surface area contributed by atoms with Crippen molar-refractivity contribution in [2.75, 3.05) is 18.5 Å². The molecule has 0 aromatic heterocycles. The van der Waals surface area contributed by atoms with Crippen LogP contribution < -0.4 is 10.1 Å². The standard InChI is InChI=1S/C17H15ClN2O6/c1-11-8-12(6-7-13(11)18)25-10-17(22)26-9-16(21)19-14-4-2-3-5-15(14)20(23)24/h2-8H,9-10H2,1H3,(H,19,21). The van der Waals surface area contributed by atoms with Gasteiger partial charge >= 0.3 is 5.97 Å². The number of benzene rings is 2. The third-order valence-electron chi connectivity index (χ3n) is 3.23. The molecule has 0 bridgehead atoms. The van der Waals surface area contributed by atoms with E-state index in [0.717, 1.165) is 5.56 Å². The fraction of sp³-hybridized carbons (Fsp3) is 0.176. The average Bonchev–Trinajstić information content (AvgIpc) is 2.61. The molecule has 0 aliphatic heterocycles. The second-order valence-electron chi connectivity index (χ2n) is 5.18. The maximum Gasteiger partial charge on any atom is 0.344 e. The number of nitrogens with one attached hydrogen (secondary N) is 1. The number of nitro benzene ring substituents is 1. The van der Waals surface area contributed by atoms with E-state index in [-0.39, 0.29) is 18.0 Å². The number of para-hydroxylation sites is 2. The van der Waals surface area contributed by atoms with Gasteiger partial charge in [-0.05, 0) is 36.8 Å². The van der Waals surface area contributed by atoms with Crippen molar-refractivity contribution in [2.24, 2.45) is 0 Å². The van der Waals surface area contributed by atoms with Crippen LogP contribution >= 0.6 is 11.6 Å². The summed E-state index contributed by atoms with van der Waals surface area (Å²) in [7, 11) is 0. The van der Waals surface area contributed by atoms with Crippen molar-refractivity contribution in [3.63, 3.8) is 0 Å². The summed E-state index contributed by atoms with van der Waals surface area (Å²) in [5, 5.41) is 13.8. The first kappa shape index (κ1) is 19.2. The highest BCUT2D eigenvalue weighted by molar-refractivity contribution is 6.31. The van der Waals surface area contributed by atoms with Gasteiger partial charge in [0.1, 0.15) is 11.4 Å². The van der Waals surface area contributed by atoms with Gasteiger partial charge in [-0.3, -0.25) is 14.9 Å². The van der Waals surface area contributed by atoms with E-state index in [0.29, 0.717) is 10.8 Å². The van der Waals surface area contributed by atoms with Gasteiger partial charge in [-0.2, -0.15) is 0 Å². The molecule has 9 heteroatoms. The van der Waals surface area contributed by atoms with Gasteiger partial charge in [0.15, 0.2) is 13.2 Å². The van der Waals surface area contributed by atoms with Crippen LogP contribution in [0.15, 0.2) is 42.5 Å². The van der Waals surface area contributed by atoms with E-state index >= 15 is 0 Å². The molecule has 136 valence electrons. The number of hydrogen-bond donors (Lipinski definition) is 1. The molecule has 8 nitrogen and oxygen atoms in total. The molecule has 0 atom stereocenters. The van der Waals surface area contributed by atoms with Crippen LogP contribution in [-0.4, -0.2) is 30.0 Å². The molecule has 2 aromatic carbocycles. The Labute approximate surface area is 153 Å². The zero-order valence-corrected chi connectivity index (χ0v) is 14.5. The zero-order chi connectivity index (χ0) is 19.1. The van der Waals surface area contributed by atoms with Crippen molar-refractivity contribution in [2.45, 2.75) is 6.92 Å². The van der Waals surface area contributed by atoms with E-state index in [1.807, 2.05) is 0 Å². The smallest absolute Gasteiger partial charge is 0.344 e. The Morgan fingerprint density at radius 3 is 2.62 bits per heavy atom. The van der Waals surface area contributed by atoms with E-state index < -0.39 is 23.4 Å². The number of nitro groups is 1. The van der Waals surface area contributed by atoms with Crippen LogP contribution in [0.1, 0.15) is 5.56 Å². The van der Waals surface area contributed by atoms with E-state index in [9.17, 15) is 19.7 Å². The summed E-state index contributed by atoms with van der Waals surface area (Å²) < 4.78 is 10.0. The summed E-state index contributed by atoms with van der Waals surface area (Å²) in [4.78, 5) is 33.7. The minimum atomic E-state index is -0.754. The molecule has 0 aliphatic carbocycles. The molecule has 1 N–H and O–H groups in total. The monoisotopic (exact) mass is 378 g/mol. The highest BCUT2D eigenvalue weighted by Gasteiger charge is 2.16. The number of carbonyl (C=O) groups is 2. The topological polar surface area (TPSA) is 108 Å². The van der Waals surface area contributed by atoms with Gasteiger partial charge in [0, 0.05) is 11.1 Å². The molecule has 1 amide bonds. The normalized spacial score (nSPS) is 10.1. The number of amides is 1. The number of esters is 1. The lowest BCUT2D eigenvalue weighted by molar-refractivity contribution is -0.383. The number of hydrogen-bond acceptors (Lipinski definition) is 6. The molecule has 0 heterocycles. The molecule has 0 saturated heterocycles. The number of aryl methyl sites for hydroxylation is 1. The quantitative estimate of drug-likeness (QED) is 0.450. The van der Waals surface area contributed by atoms with Gasteiger partial charge in [0.05, 0.1) is 4.92 Å². The molecule has 0 saturated carbocycles. The molecule has 2 aromatic rings. The predicted molar refractivity (Wildman–Crippen MR) is 94.4 cm³/mol. The molecular weight excluding hydrogens is 364 g/mol. The molecule has 0 spiro atoms. The number of ether oxygens (including phenoxy) is 2. The van der Waals surface area contributed by atoms with Gasteiger partial charge in [0.25, 0.3) is 11.6 Å². The number of nitrogens with zero attached hydrogens (tertiary/aromatic N) is 1. The average molecular weight is 379 g/mol. The molecular formula is C17H15ClN2O6. The second-order valence-corrected chi connectivity index (χ2v) is 5.59. The maximum atomic E-state index is 11.8. The lowest BCUT2D eigenvalue weighted by Gasteiger charge is -2.09. The van der Waals surface area contributed by atoms with Crippen molar-refractivity contribution >= 4 is 34.9 Å². The van der Waals surface area contributed by atoms with Crippen LogP contribution in [0.4, 0.5) is 11.4 Å². The van der Waals surface area contributed by atoms with Gasteiger partial charge in [0.2, 0.25) is 0 Å². The van der Waals surface area contributed by atoms with Crippen LogP contribution in [0.2, 0.25) is 5.02 Å². The minimum Gasteiger partial charge on any atom is -0.482 e. The van der Waals surface area contributed by atoms with Crippen molar-refractivity contribution in [3.05, 3.63) is 63.2 Å². The van der Waals surface area contributed by atoms with Crippen LogP contribution in [-0.2, 0) is 14.3 Å². The number of rotatable bonds is 7. The predicted octanol–water partition coefficient (Wildman–Crippen LogP) is 3.12. The van der Waals surface area contributed by atoms with Crippen molar-refractivity contribution in [3.8, 4) is 5.75 Å². The number of anilines is 1. The first-order valence-corrected chi connectivity index (χ1v) is 7.82. The third-order valence-corrected chi connectivity index (χ3v) is 3.65. The van der Waals surface area contributed by atoms with Gasteiger partial charge in [-0.1, -0.05) is 23.7 Å². The first-order chi connectivity index (χ1) is 12.4. The summed E-state index contributed by atoms with van der Waals surface area (Å²) in [5.74, 6) is -1.02. The lowest BCUT2D eigenvalue weighted by atomic mass is 10.2. The van der Waals surface area contributed by atoms with Crippen LogP contribution in [0.25, 0.3) is 0 Å². The summed E-state index contributed by atoms with van der Waals surface area (Å²) in [6, 6.07) is 10.5. The van der Waals surface area contributed by atoms with Crippen LogP contribution in [0, 0.1) is 17.0 Å². The summed E-state index contributed by atoms with van der Waals surface area (Å²) in [5.41, 5.74) is 0.557. The zero-order valence-electron chi connectivity index (χ0n) is 13.7. The second kappa shape index (κ2) is 8.82. The Morgan fingerprint density at radius 1 is 1.19 bits per heavy atom. The molecule has 0 radical (unpaired) electrons. The SMILES string of the molecule is Cc1cc(OCC(=O)OCC(=O)Nc2ccccc2[N+](=O)[O-])ccc1Cl. The highest BCUT2D eigenvalue weighted by Crippen LogP contribution is 2.23. The van der Waals surface area contributed by atoms with E-state index in [1.54, 1.807) is 25.1 Å². The molecule has 26 heavy (non-hydrogen) atoms. The van der Waals surface area contributed by atoms with Crippen LogP contribution in [0.3, 0.4) is 0 Å². The van der Waals surface area contributed by atoms with Gasteiger partial charge < -0.3 is 14.8 Å². The van der Waals surface area contributed by atoms with Gasteiger partial charge in [-0.25, -0.2) is 4.79 Å². The Morgan fingerprint density at radius 2 is 1.92 bits per heavy atom. The number of carbonyl (C=O) groups excluding carboxylic acids is 2. The minimum absolute atomic E-state index is 0.0199. The van der Waals surface area contributed by atoms with E-state index in [1.165, 1.54) is 24.3 Å².